The third-order valence-electron chi connectivity index (χ3n) is 8.89. The van der Waals surface area contributed by atoms with Gasteiger partial charge < -0.3 is 24.8 Å². The van der Waals surface area contributed by atoms with Gasteiger partial charge in [-0.15, -0.1) is 11.3 Å². The first-order valence-electron chi connectivity index (χ1n) is 15.1. The molecule has 2 aromatic carbocycles. The van der Waals surface area contributed by atoms with E-state index < -0.39 is 41.3 Å². The van der Waals surface area contributed by atoms with Crippen molar-refractivity contribution in [1.82, 2.24) is 15.2 Å². The van der Waals surface area contributed by atoms with Crippen molar-refractivity contribution in [3.8, 4) is 5.75 Å². The van der Waals surface area contributed by atoms with Gasteiger partial charge in [0.15, 0.2) is 16.5 Å². The number of hydrogen-bond donors (Lipinski definition) is 2. The number of nitrogens with zero attached hydrogens (tertiary/aromatic N) is 4. The van der Waals surface area contributed by atoms with Gasteiger partial charge in [0, 0.05) is 61.5 Å². The molecule has 2 N–H and O–H groups in total. The molecule has 0 saturated carbocycles. The number of fused-ring (bicyclic) bond motifs is 1. The first kappa shape index (κ1) is 32.3. The highest BCUT2D eigenvalue weighted by molar-refractivity contribution is 7.11. The van der Waals surface area contributed by atoms with Gasteiger partial charge >= 0.3 is 11.9 Å². The Labute approximate surface area is 273 Å². The first-order valence-corrected chi connectivity index (χ1v) is 16.0. The number of piperidine rings is 1. The van der Waals surface area contributed by atoms with E-state index in [1.54, 1.807) is 37.6 Å². The number of amides is 1. The van der Waals surface area contributed by atoms with Crippen LogP contribution >= 0.6 is 11.3 Å². The van der Waals surface area contributed by atoms with E-state index in [0.29, 0.717) is 27.7 Å². The zero-order valence-corrected chi connectivity index (χ0v) is 26.8. The number of aromatic nitrogens is 1. The molecule has 2 saturated heterocycles. The van der Waals surface area contributed by atoms with Gasteiger partial charge in [-0.2, -0.15) is 0 Å². The molecular formula is C33H33F2N5O6S. The zero-order valence-electron chi connectivity index (χ0n) is 26.0. The van der Waals surface area contributed by atoms with Crippen molar-refractivity contribution in [3.05, 3.63) is 86.8 Å². The van der Waals surface area contributed by atoms with Crippen LogP contribution in [0.2, 0.25) is 0 Å². The number of methoxy groups -OCH3 is 1. The van der Waals surface area contributed by atoms with Gasteiger partial charge in [0.25, 0.3) is 5.91 Å². The van der Waals surface area contributed by atoms with Crippen molar-refractivity contribution in [2.75, 3.05) is 44.8 Å². The summed E-state index contributed by atoms with van der Waals surface area (Å²) in [5, 5.41) is 15.3. The number of carboxylic acids is 1. The number of esters is 1. The molecule has 47 heavy (non-hydrogen) atoms. The van der Waals surface area contributed by atoms with Gasteiger partial charge in [-0.25, -0.2) is 23.4 Å². The van der Waals surface area contributed by atoms with Gasteiger partial charge in [0.2, 0.25) is 0 Å². The number of ether oxygens (including phenoxy) is 2. The monoisotopic (exact) mass is 665 g/mol. The third kappa shape index (κ3) is 5.87. The van der Waals surface area contributed by atoms with Crippen molar-refractivity contribution in [1.29, 1.82) is 0 Å². The molecule has 6 rings (SSSR count). The molecule has 1 aromatic heterocycles. The minimum absolute atomic E-state index is 0.0331. The Kier molecular flexibility index (Phi) is 8.81. The summed E-state index contributed by atoms with van der Waals surface area (Å²) in [4.78, 5) is 51.3. The lowest BCUT2D eigenvalue weighted by molar-refractivity contribution is -0.139. The summed E-state index contributed by atoms with van der Waals surface area (Å²) in [5.74, 6) is -3.19. The summed E-state index contributed by atoms with van der Waals surface area (Å²) in [5.41, 5.74) is -0.494. The van der Waals surface area contributed by atoms with Crippen LogP contribution in [0.25, 0.3) is 0 Å². The predicted molar refractivity (Wildman–Crippen MR) is 170 cm³/mol. The first-order chi connectivity index (χ1) is 22.5. The van der Waals surface area contributed by atoms with Crippen LogP contribution in [0.3, 0.4) is 0 Å². The zero-order chi connectivity index (χ0) is 33.5. The number of aromatic carboxylic acids is 1. The van der Waals surface area contributed by atoms with E-state index in [0.717, 1.165) is 0 Å². The maximum atomic E-state index is 16.4. The molecule has 3 aliphatic rings. The minimum atomic E-state index is -2.15. The van der Waals surface area contributed by atoms with Crippen LogP contribution in [0.1, 0.15) is 45.9 Å². The smallest absolute Gasteiger partial charge is 0.339 e. The van der Waals surface area contributed by atoms with Crippen LogP contribution in [-0.4, -0.2) is 84.2 Å². The number of anilines is 1. The van der Waals surface area contributed by atoms with Crippen LogP contribution in [0.5, 0.6) is 5.75 Å². The minimum Gasteiger partial charge on any atom is -0.496 e. The number of carbonyl (C=O) groups is 3. The Morgan fingerprint density at radius 1 is 1.23 bits per heavy atom. The Bertz CT molecular complexity index is 1800. The average molecular weight is 666 g/mol. The maximum Gasteiger partial charge on any atom is 0.339 e. The van der Waals surface area contributed by atoms with Crippen LogP contribution in [-0.2, 0) is 14.3 Å². The molecule has 2 fully saturated rings. The number of halogens is 2. The van der Waals surface area contributed by atoms with Crippen LogP contribution in [0, 0.1) is 18.7 Å². The second-order valence-corrected chi connectivity index (χ2v) is 12.5. The largest absolute Gasteiger partial charge is 0.496 e. The SMILES string of the molecule is CCOC(=O)C1=C(CN2CC[C@]3(F)C(=O)N(c4ccc(OC)c(C(=O)O)c4)C[C@@H]3C2)NC(c2nccs2)=N[C@H]1c1cccc(F)c1C. The van der Waals surface area contributed by atoms with Crippen molar-refractivity contribution in [2.45, 2.75) is 32.0 Å². The molecule has 0 bridgehead atoms. The Morgan fingerprint density at radius 3 is 2.74 bits per heavy atom. The number of aliphatic imine (C=N–C) groups is 1. The highest BCUT2D eigenvalue weighted by atomic mass is 32.1. The summed E-state index contributed by atoms with van der Waals surface area (Å²) in [6.45, 7) is 4.00. The fraction of sp³-hybridized carbons (Fsp3) is 0.364. The van der Waals surface area contributed by atoms with E-state index in [4.69, 9.17) is 14.5 Å². The number of hydrogen-bond acceptors (Lipinski definition) is 10. The van der Waals surface area contributed by atoms with Gasteiger partial charge in [-0.05, 0) is 49.2 Å². The molecular weight excluding hydrogens is 632 g/mol. The van der Waals surface area contributed by atoms with E-state index in [1.807, 2.05) is 4.90 Å². The summed E-state index contributed by atoms with van der Waals surface area (Å²) in [6.07, 6.45) is 1.53. The summed E-state index contributed by atoms with van der Waals surface area (Å²) < 4.78 is 41.8. The number of thiazole rings is 1. The van der Waals surface area contributed by atoms with Gasteiger partial charge in [-0.3, -0.25) is 14.7 Å². The lowest BCUT2D eigenvalue weighted by Crippen LogP contribution is -2.52. The average Bonchev–Trinajstić information content (AvgIpc) is 3.69. The summed E-state index contributed by atoms with van der Waals surface area (Å²) in [7, 11) is 1.35. The van der Waals surface area contributed by atoms with Gasteiger partial charge in [-0.1, -0.05) is 12.1 Å². The van der Waals surface area contributed by atoms with Crippen LogP contribution in [0.15, 0.2) is 64.2 Å². The van der Waals surface area contributed by atoms with Crippen LogP contribution < -0.4 is 15.0 Å². The molecule has 0 radical (unpaired) electrons. The molecule has 4 heterocycles. The third-order valence-corrected chi connectivity index (χ3v) is 9.67. The Balaban J connectivity index is 1.32. The fourth-order valence-corrected chi connectivity index (χ4v) is 7.06. The van der Waals surface area contributed by atoms with Gasteiger partial charge in [0.05, 0.1) is 19.3 Å². The molecule has 3 aliphatic heterocycles. The molecule has 0 spiro atoms. The molecule has 1 amide bonds. The molecule has 3 aromatic rings. The van der Waals surface area contributed by atoms with Crippen molar-refractivity contribution in [2.24, 2.45) is 10.9 Å². The number of carbonyl (C=O) groups excluding carboxylic acids is 2. The lowest BCUT2D eigenvalue weighted by Gasteiger charge is -2.38. The predicted octanol–water partition coefficient (Wildman–Crippen LogP) is 4.28. The maximum absolute atomic E-state index is 16.4. The summed E-state index contributed by atoms with van der Waals surface area (Å²) >= 11 is 1.35. The lowest BCUT2D eigenvalue weighted by atomic mass is 9.84. The van der Waals surface area contributed by atoms with Gasteiger partial charge in [0.1, 0.15) is 23.2 Å². The second kappa shape index (κ2) is 12.8. The Hall–Kier alpha value is -4.69. The molecule has 3 atom stereocenters. The van der Waals surface area contributed by atoms with Crippen molar-refractivity contribution >= 4 is 40.7 Å². The molecule has 11 nitrogen and oxygen atoms in total. The molecule has 0 unspecified atom stereocenters. The summed E-state index contributed by atoms with van der Waals surface area (Å²) in [6, 6.07) is 8.04. The Morgan fingerprint density at radius 2 is 2.04 bits per heavy atom. The number of alkyl halides is 1. The topological polar surface area (TPSA) is 134 Å². The van der Waals surface area contributed by atoms with E-state index in [1.165, 1.54) is 47.6 Å². The highest BCUT2D eigenvalue weighted by Crippen LogP contribution is 2.43. The number of rotatable bonds is 9. The highest BCUT2D eigenvalue weighted by Gasteiger charge is 2.57. The van der Waals surface area contributed by atoms with Crippen molar-refractivity contribution in [3.63, 3.8) is 0 Å². The van der Waals surface area contributed by atoms with E-state index >= 15 is 4.39 Å². The van der Waals surface area contributed by atoms with E-state index in [9.17, 15) is 23.9 Å². The molecule has 246 valence electrons. The van der Waals surface area contributed by atoms with E-state index in [2.05, 4.69) is 10.3 Å². The van der Waals surface area contributed by atoms with E-state index in [-0.39, 0.29) is 61.8 Å². The number of amidine groups is 1. The number of carboxylic acid groups (broad SMARTS) is 1. The number of nitrogens with one attached hydrogen (secondary N) is 1. The standard InChI is InChI=1S/C33H33F2N5O6S/c1-4-46-31(43)26-24(37-28(29-36-11-13-47-29)38-27(26)21-6-5-7-23(34)18(21)2)17-39-12-10-33(35)19(15-39)16-40(32(33)44)20-8-9-25(45-3)22(14-20)30(41)42/h5-9,11,13-14,19,27H,4,10,12,15-17H2,1-3H3,(H,37,38)(H,41,42)/t19-,27-,33+/m0/s1. The second-order valence-electron chi connectivity index (χ2n) is 11.6. The van der Waals surface area contributed by atoms with Crippen molar-refractivity contribution < 1.29 is 37.7 Å². The molecule has 14 heteroatoms. The number of likely N-dealkylation sites (tertiary alicyclic amines) is 1. The molecule has 0 aliphatic carbocycles. The normalized spacial score (nSPS) is 22.9. The number of benzene rings is 2. The van der Waals surface area contributed by atoms with Crippen LogP contribution in [0.4, 0.5) is 14.5 Å². The fourth-order valence-electron chi connectivity index (χ4n) is 6.47. The quantitative estimate of drug-likeness (QED) is 0.322.